The van der Waals surface area contributed by atoms with E-state index in [1.807, 2.05) is 0 Å². The standard InChI is InChI=1S/C19H34O2/c1-15(20-11-9-18-8-3-4-10-21-18)19(2)13-16-6-5-7-17(12-16)14-19/h15-18H,3-14H2,1-2H3/t15-,16?,17?,18?,19?/m0/s1. The van der Waals surface area contributed by atoms with E-state index in [1.165, 1.54) is 57.8 Å². The van der Waals surface area contributed by atoms with Gasteiger partial charge in [0.1, 0.15) is 0 Å². The summed E-state index contributed by atoms with van der Waals surface area (Å²) in [5.74, 6) is 1.96. The van der Waals surface area contributed by atoms with Gasteiger partial charge in [0.05, 0.1) is 12.2 Å². The average molecular weight is 294 g/mol. The SMILES string of the molecule is C[C@H](OCCC1CCCCO1)C1(C)CC2CCCC(C2)C1. The topological polar surface area (TPSA) is 18.5 Å². The van der Waals surface area contributed by atoms with Crippen LogP contribution in [0.15, 0.2) is 0 Å². The van der Waals surface area contributed by atoms with Crippen molar-refractivity contribution in [3.05, 3.63) is 0 Å². The summed E-state index contributed by atoms with van der Waals surface area (Å²) >= 11 is 0. The molecule has 1 heterocycles. The van der Waals surface area contributed by atoms with E-state index in [0.29, 0.717) is 17.6 Å². The van der Waals surface area contributed by atoms with Crippen LogP contribution in [0.4, 0.5) is 0 Å². The van der Waals surface area contributed by atoms with Crippen molar-refractivity contribution in [1.29, 1.82) is 0 Å². The van der Waals surface area contributed by atoms with Crippen LogP contribution in [0, 0.1) is 17.3 Å². The third-order valence-corrected chi connectivity index (χ3v) is 6.46. The highest BCUT2D eigenvalue weighted by Crippen LogP contribution is 2.50. The lowest BCUT2D eigenvalue weighted by Crippen LogP contribution is -2.42. The van der Waals surface area contributed by atoms with Crippen molar-refractivity contribution in [1.82, 2.24) is 0 Å². The Labute approximate surface area is 131 Å². The van der Waals surface area contributed by atoms with Crippen LogP contribution in [0.5, 0.6) is 0 Å². The zero-order chi connectivity index (χ0) is 14.7. The Hall–Kier alpha value is -0.0800. The molecule has 1 aliphatic heterocycles. The van der Waals surface area contributed by atoms with Gasteiger partial charge in [-0.25, -0.2) is 0 Å². The van der Waals surface area contributed by atoms with Gasteiger partial charge in [-0.05, 0) is 69.1 Å². The van der Waals surface area contributed by atoms with Gasteiger partial charge in [0, 0.05) is 13.2 Å². The molecular weight excluding hydrogens is 260 g/mol. The van der Waals surface area contributed by atoms with Gasteiger partial charge in [-0.1, -0.05) is 26.2 Å². The molecular formula is C19H34O2. The molecule has 3 rings (SSSR count). The van der Waals surface area contributed by atoms with Crippen molar-refractivity contribution >= 4 is 0 Å². The van der Waals surface area contributed by atoms with Gasteiger partial charge in [-0.3, -0.25) is 0 Å². The second-order valence-electron chi connectivity index (χ2n) is 8.25. The van der Waals surface area contributed by atoms with E-state index in [9.17, 15) is 0 Å². The van der Waals surface area contributed by atoms with Crippen LogP contribution in [-0.2, 0) is 9.47 Å². The molecule has 21 heavy (non-hydrogen) atoms. The molecule has 2 saturated carbocycles. The maximum Gasteiger partial charge on any atom is 0.0600 e. The predicted molar refractivity (Wildman–Crippen MR) is 86.4 cm³/mol. The average Bonchev–Trinajstić information content (AvgIpc) is 2.47. The summed E-state index contributed by atoms with van der Waals surface area (Å²) in [6.45, 7) is 6.65. The lowest BCUT2D eigenvalue weighted by molar-refractivity contribution is -0.0827. The first kappa shape index (κ1) is 15.8. The van der Waals surface area contributed by atoms with Crippen molar-refractivity contribution in [2.45, 2.75) is 90.3 Å². The second kappa shape index (κ2) is 7.00. The number of ether oxygens (including phenoxy) is 2. The molecule has 2 nitrogen and oxygen atoms in total. The highest BCUT2D eigenvalue weighted by molar-refractivity contribution is 4.93. The lowest BCUT2D eigenvalue weighted by Gasteiger charge is -2.48. The molecule has 3 aliphatic rings. The zero-order valence-corrected chi connectivity index (χ0v) is 14.1. The summed E-state index contributed by atoms with van der Waals surface area (Å²) in [6.07, 6.45) is 14.5. The molecule has 122 valence electrons. The van der Waals surface area contributed by atoms with E-state index in [1.54, 1.807) is 0 Å². The van der Waals surface area contributed by atoms with Gasteiger partial charge in [-0.2, -0.15) is 0 Å². The maximum absolute atomic E-state index is 6.27. The normalized spacial score (nSPS) is 41.7. The van der Waals surface area contributed by atoms with Crippen molar-refractivity contribution in [3.8, 4) is 0 Å². The minimum atomic E-state index is 0.407. The molecule has 1 saturated heterocycles. The van der Waals surface area contributed by atoms with E-state index < -0.39 is 0 Å². The second-order valence-corrected chi connectivity index (χ2v) is 8.25. The first-order chi connectivity index (χ1) is 10.2. The highest BCUT2D eigenvalue weighted by atomic mass is 16.5. The minimum Gasteiger partial charge on any atom is -0.378 e. The van der Waals surface area contributed by atoms with Crippen molar-refractivity contribution in [3.63, 3.8) is 0 Å². The molecule has 3 fully saturated rings. The van der Waals surface area contributed by atoms with Crippen LogP contribution in [0.1, 0.15) is 78.1 Å². The molecule has 0 N–H and O–H groups in total. The number of hydrogen-bond acceptors (Lipinski definition) is 2. The van der Waals surface area contributed by atoms with Crippen LogP contribution in [0.25, 0.3) is 0 Å². The molecule has 0 radical (unpaired) electrons. The van der Waals surface area contributed by atoms with Gasteiger partial charge in [0.25, 0.3) is 0 Å². The molecule has 2 bridgehead atoms. The smallest absolute Gasteiger partial charge is 0.0600 e. The molecule has 2 aliphatic carbocycles. The van der Waals surface area contributed by atoms with Crippen LogP contribution in [-0.4, -0.2) is 25.4 Å². The van der Waals surface area contributed by atoms with E-state index in [4.69, 9.17) is 9.47 Å². The molecule has 0 aromatic carbocycles. The van der Waals surface area contributed by atoms with Gasteiger partial charge >= 0.3 is 0 Å². The van der Waals surface area contributed by atoms with Crippen molar-refractivity contribution in [2.24, 2.45) is 17.3 Å². The summed E-state index contributed by atoms with van der Waals surface area (Å²) in [5.41, 5.74) is 0.418. The molecule has 0 spiro atoms. The third-order valence-electron chi connectivity index (χ3n) is 6.46. The third kappa shape index (κ3) is 4.01. The Kier molecular flexibility index (Phi) is 5.27. The Morgan fingerprint density at radius 3 is 2.52 bits per heavy atom. The van der Waals surface area contributed by atoms with Gasteiger partial charge < -0.3 is 9.47 Å². The fourth-order valence-corrected chi connectivity index (χ4v) is 5.12. The quantitative estimate of drug-likeness (QED) is 0.713. The minimum absolute atomic E-state index is 0.407. The molecule has 0 amide bonds. The van der Waals surface area contributed by atoms with E-state index in [2.05, 4.69) is 13.8 Å². The molecule has 3 unspecified atom stereocenters. The highest BCUT2D eigenvalue weighted by Gasteiger charge is 2.42. The van der Waals surface area contributed by atoms with E-state index in [0.717, 1.165) is 31.5 Å². The Bertz CT molecular complexity index is 310. The molecule has 2 heteroatoms. The number of rotatable bonds is 5. The summed E-state index contributed by atoms with van der Waals surface area (Å²) < 4.78 is 12.1. The fraction of sp³-hybridized carbons (Fsp3) is 1.00. The number of hydrogen-bond donors (Lipinski definition) is 0. The van der Waals surface area contributed by atoms with Crippen LogP contribution >= 0.6 is 0 Å². The van der Waals surface area contributed by atoms with Crippen molar-refractivity contribution < 1.29 is 9.47 Å². The first-order valence-corrected chi connectivity index (χ1v) is 9.39. The monoisotopic (exact) mass is 294 g/mol. The van der Waals surface area contributed by atoms with Crippen molar-refractivity contribution in [2.75, 3.05) is 13.2 Å². The van der Waals surface area contributed by atoms with E-state index in [-0.39, 0.29) is 0 Å². The maximum atomic E-state index is 6.27. The van der Waals surface area contributed by atoms with Gasteiger partial charge in [0.2, 0.25) is 0 Å². The van der Waals surface area contributed by atoms with Gasteiger partial charge in [0.15, 0.2) is 0 Å². The molecule has 0 aromatic heterocycles. The largest absolute Gasteiger partial charge is 0.378 e. The van der Waals surface area contributed by atoms with Gasteiger partial charge in [-0.15, -0.1) is 0 Å². The zero-order valence-electron chi connectivity index (χ0n) is 14.1. The summed E-state index contributed by atoms with van der Waals surface area (Å²) in [4.78, 5) is 0. The summed E-state index contributed by atoms with van der Waals surface area (Å²) in [6, 6.07) is 0. The van der Waals surface area contributed by atoms with Crippen LogP contribution in [0.2, 0.25) is 0 Å². The fourth-order valence-electron chi connectivity index (χ4n) is 5.12. The Morgan fingerprint density at radius 1 is 1.10 bits per heavy atom. The summed E-state index contributed by atoms with van der Waals surface area (Å²) in [5, 5.41) is 0. The van der Waals surface area contributed by atoms with E-state index >= 15 is 0 Å². The Balaban J connectivity index is 1.44. The number of fused-ring (bicyclic) bond motifs is 2. The van der Waals surface area contributed by atoms with Crippen LogP contribution < -0.4 is 0 Å². The first-order valence-electron chi connectivity index (χ1n) is 9.39. The molecule has 4 atom stereocenters. The predicted octanol–water partition coefficient (Wildman–Crippen LogP) is 4.96. The molecule has 0 aromatic rings. The Morgan fingerprint density at radius 2 is 1.86 bits per heavy atom. The summed E-state index contributed by atoms with van der Waals surface area (Å²) in [7, 11) is 0. The van der Waals surface area contributed by atoms with Crippen LogP contribution in [0.3, 0.4) is 0 Å². The lowest BCUT2D eigenvalue weighted by atomic mass is 9.60.